The van der Waals surface area contributed by atoms with E-state index in [1.54, 1.807) is 17.9 Å². The van der Waals surface area contributed by atoms with Gasteiger partial charge in [-0.1, -0.05) is 35.9 Å². The lowest BCUT2D eigenvalue weighted by atomic mass is 10.0. The minimum absolute atomic E-state index is 0.120. The highest BCUT2D eigenvalue weighted by molar-refractivity contribution is 6.34. The highest BCUT2D eigenvalue weighted by atomic mass is 35.5. The van der Waals surface area contributed by atoms with Crippen molar-refractivity contribution in [1.82, 2.24) is 9.88 Å². The number of aliphatic hydroxyl groups excluding tert-OH is 1. The molecule has 1 aliphatic rings. The van der Waals surface area contributed by atoms with Crippen molar-refractivity contribution in [3.05, 3.63) is 41.2 Å². The fourth-order valence-electron chi connectivity index (χ4n) is 2.79. The van der Waals surface area contributed by atoms with Gasteiger partial charge in [-0.05, 0) is 24.8 Å². The summed E-state index contributed by atoms with van der Waals surface area (Å²) in [5.41, 5.74) is 0.366. The van der Waals surface area contributed by atoms with Gasteiger partial charge in [0.1, 0.15) is 10.8 Å². The summed E-state index contributed by atoms with van der Waals surface area (Å²) >= 11 is 6.17. The molecule has 0 radical (unpaired) electrons. The smallest absolute Gasteiger partial charge is 0.272 e. The highest BCUT2D eigenvalue weighted by Crippen LogP contribution is 2.25. The monoisotopic (exact) mass is 304 g/mol. The number of rotatable bonds is 2. The Hall–Kier alpha value is -1.65. The molecule has 1 amide bonds. The molecular weight excluding hydrogens is 288 g/mol. The zero-order valence-electron chi connectivity index (χ0n) is 11.8. The van der Waals surface area contributed by atoms with Gasteiger partial charge in [-0.2, -0.15) is 0 Å². The fraction of sp³-hybridized carbons (Fsp3) is 0.375. The lowest BCUT2D eigenvalue weighted by molar-refractivity contribution is 0.0757. The molecule has 0 spiro atoms. The molecule has 0 bridgehead atoms. The summed E-state index contributed by atoms with van der Waals surface area (Å²) in [6.45, 7) is 2.99. The summed E-state index contributed by atoms with van der Waals surface area (Å²) in [5, 5.41) is 11.7. The predicted octanol–water partition coefficient (Wildman–Crippen LogP) is 2.73. The largest absolute Gasteiger partial charge is 0.393 e. The maximum atomic E-state index is 12.5. The van der Waals surface area contributed by atoms with Gasteiger partial charge in [0.05, 0.1) is 6.10 Å². The van der Waals surface area contributed by atoms with Crippen LogP contribution < -0.4 is 0 Å². The summed E-state index contributed by atoms with van der Waals surface area (Å²) in [6, 6.07) is 9.39. The zero-order chi connectivity index (χ0) is 15.0. The number of nitrogens with zero attached hydrogens (tertiary/aromatic N) is 2. The van der Waals surface area contributed by atoms with Crippen molar-refractivity contribution in [2.45, 2.75) is 19.4 Å². The minimum Gasteiger partial charge on any atom is -0.393 e. The van der Waals surface area contributed by atoms with E-state index < -0.39 is 6.10 Å². The second-order valence-corrected chi connectivity index (χ2v) is 5.92. The third-order valence-electron chi connectivity index (χ3n) is 4.11. The van der Waals surface area contributed by atoms with E-state index in [1.807, 2.05) is 24.3 Å². The van der Waals surface area contributed by atoms with Gasteiger partial charge in [0.15, 0.2) is 0 Å². The summed E-state index contributed by atoms with van der Waals surface area (Å²) in [5.74, 6) is 0.0238. The number of hydrogen-bond acceptors (Lipinski definition) is 3. The summed E-state index contributed by atoms with van der Waals surface area (Å²) in [6.07, 6.45) is 0.431. The van der Waals surface area contributed by atoms with Crippen molar-refractivity contribution in [3.63, 3.8) is 0 Å². The van der Waals surface area contributed by atoms with Gasteiger partial charge >= 0.3 is 0 Å². The number of likely N-dealkylation sites (tertiary alicyclic amines) is 1. The number of pyridine rings is 1. The molecule has 1 fully saturated rings. The lowest BCUT2D eigenvalue weighted by Crippen LogP contribution is -2.31. The Balaban J connectivity index is 1.89. The van der Waals surface area contributed by atoms with E-state index in [1.165, 1.54) is 0 Å². The normalized spacial score (nSPS) is 20.0. The number of halogens is 1. The zero-order valence-corrected chi connectivity index (χ0v) is 12.5. The predicted molar refractivity (Wildman–Crippen MR) is 82.4 cm³/mol. The molecule has 1 aliphatic heterocycles. The maximum absolute atomic E-state index is 12.5. The van der Waals surface area contributed by atoms with Crippen LogP contribution in [0.25, 0.3) is 10.8 Å². The van der Waals surface area contributed by atoms with Gasteiger partial charge in [-0.25, -0.2) is 4.98 Å². The van der Waals surface area contributed by atoms with E-state index in [0.717, 1.165) is 17.2 Å². The Labute approximate surface area is 128 Å². The van der Waals surface area contributed by atoms with E-state index in [9.17, 15) is 9.90 Å². The van der Waals surface area contributed by atoms with Crippen molar-refractivity contribution in [2.75, 3.05) is 13.1 Å². The molecule has 0 saturated carbocycles. The van der Waals surface area contributed by atoms with E-state index in [2.05, 4.69) is 4.98 Å². The van der Waals surface area contributed by atoms with Crippen molar-refractivity contribution in [2.24, 2.45) is 5.92 Å². The average Bonchev–Trinajstić information content (AvgIpc) is 2.96. The molecule has 110 valence electrons. The fourth-order valence-corrected chi connectivity index (χ4v) is 3.06. The van der Waals surface area contributed by atoms with Crippen molar-refractivity contribution < 1.29 is 9.90 Å². The molecule has 1 N–H and O–H groups in total. The van der Waals surface area contributed by atoms with Crippen molar-refractivity contribution >= 4 is 28.3 Å². The Morgan fingerprint density at radius 3 is 2.95 bits per heavy atom. The first-order chi connectivity index (χ1) is 10.1. The van der Waals surface area contributed by atoms with Crippen molar-refractivity contribution in [1.29, 1.82) is 0 Å². The van der Waals surface area contributed by atoms with Gasteiger partial charge in [0.25, 0.3) is 5.91 Å². The number of aliphatic hydroxyl groups is 1. The lowest BCUT2D eigenvalue weighted by Gasteiger charge is -2.17. The second kappa shape index (κ2) is 5.62. The third kappa shape index (κ3) is 2.74. The molecule has 0 aliphatic carbocycles. The third-order valence-corrected chi connectivity index (χ3v) is 4.40. The van der Waals surface area contributed by atoms with E-state index in [0.29, 0.717) is 23.9 Å². The molecule has 2 heterocycles. The molecule has 1 aromatic carbocycles. The Bertz CT molecular complexity index is 687. The van der Waals surface area contributed by atoms with Crippen LogP contribution in [0.2, 0.25) is 5.15 Å². The maximum Gasteiger partial charge on any atom is 0.272 e. The summed E-state index contributed by atoms with van der Waals surface area (Å²) in [4.78, 5) is 18.5. The molecule has 1 saturated heterocycles. The number of hydrogen-bond donors (Lipinski definition) is 1. The van der Waals surface area contributed by atoms with Gasteiger partial charge in [0, 0.05) is 24.4 Å². The first kappa shape index (κ1) is 14.3. The van der Waals surface area contributed by atoms with Crippen LogP contribution in [0, 0.1) is 5.92 Å². The summed E-state index contributed by atoms with van der Waals surface area (Å²) < 4.78 is 0. The Morgan fingerprint density at radius 1 is 1.48 bits per heavy atom. The Morgan fingerprint density at radius 2 is 2.24 bits per heavy atom. The SMILES string of the molecule is CC(O)C1CCN(C(=O)c2cc3ccccc3c(Cl)n2)C1. The highest BCUT2D eigenvalue weighted by Gasteiger charge is 2.30. The summed E-state index contributed by atoms with van der Waals surface area (Å²) in [7, 11) is 0. The van der Waals surface area contributed by atoms with Crippen LogP contribution in [0.5, 0.6) is 0 Å². The molecule has 1 aromatic heterocycles. The second-order valence-electron chi connectivity index (χ2n) is 5.56. The van der Waals surface area contributed by atoms with Gasteiger partial charge in [-0.3, -0.25) is 4.79 Å². The van der Waals surface area contributed by atoms with Gasteiger partial charge in [0.2, 0.25) is 0 Å². The first-order valence-corrected chi connectivity index (χ1v) is 7.46. The van der Waals surface area contributed by atoms with E-state index in [4.69, 9.17) is 11.6 Å². The average molecular weight is 305 g/mol. The number of benzene rings is 1. The standard InChI is InChI=1S/C16H17ClN2O2/c1-10(20)12-6-7-19(9-12)16(21)14-8-11-4-2-3-5-13(11)15(17)18-14/h2-5,8,10,12,20H,6-7,9H2,1H3. The van der Waals surface area contributed by atoms with Crippen molar-refractivity contribution in [3.8, 4) is 0 Å². The molecule has 21 heavy (non-hydrogen) atoms. The Kier molecular flexibility index (Phi) is 3.83. The van der Waals surface area contributed by atoms with Gasteiger partial charge < -0.3 is 10.0 Å². The number of carbonyl (C=O) groups excluding carboxylic acids is 1. The van der Waals surface area contributed by atoms with E-state index >= 15 is 0 Å². The molecule has 2 aromatic rings. The van der Waals surface area contributed by atoms with Gasteiger partial charge in [-0.15, -0.1) is 0 Å². The minimum atomic E-state index is -0.393. The van der Waals surface area contributed by atoms with Crippen LogP contribution >= 0.6 is 11.6 Å². The van der Waals surface area contributed by atoms with Crippen LogP contribution in [-0.2, 0) is 0 Å². The van der Waals surface area contributed by atoms with Crippen LogP contribution in [0.1, 0.15) is 23.8 Å². The molecule has 2 atom stereocenters. The molecule has 3 rings (SSSR count). The van der Waals surface area contributed by atoms with Crippen LogP contribution in [0.3, 0.4) is 0 Å². The van der Waals surface area contributed by atoms with Crippen LogP contribution in [-0.4, -0.2) is 40.1 Å². The quantitative estimate of drug-likeness (QED) is 0.868. The number of amides is 1. The van der Waals surface area contributed by atoms with Crippen LogP contribution in [0.4, 0.5) is 0 Å². The molecule has 5 heteroatoms. The first-order valence-electron chi connectivity index (χ1n) is 7.09. The topological polar surface area (TPSA) is 53.4 Å². The van der Waals surface area contributed by atoms with Crippen LogP contribution in [0.15, 0.2) is 30.3 Å². The number of fused-ring (bicyclic) bond motifs is 1. The number of aromatic nitrogens is 1. The number of carbonyl (C=O) groups is 1. The van der Waals surface area contributed by atoms with E-state index in [-0.39, 0.29) is 11.8 Å². The molecule has 2 unspecified atom stereocenters. The molecular formula is C16H17ClN2O2. The molecule has 4 nitrogen and oxygen atoms in total.